The fourth-order valence-corrected chi connectivity index (χ4v) is 3.44. The van der Waals surface area contributed by atoms with Crippen LogP contribution in [0.25, 0.3) is 11.5 Å². The number of nitrogens with zero attached hydrogens (tertiary/aromatic N) is 3. The average molecular weight is 415 g/mol. The van der Waals surface area contributed by atoms with E-state index in [1.165, 1.54) is 24.3 Å². The van der Waals surface area contributed by atoms with Crippen molar-refractivity contribution in [2.24, 2.45) is 0 Å². The lowest BCUT2D eigenvalue weighted by Crippen LogP contribution is -2.49. The molecule has 0 radical (unpaired) electrons. The smallest absolute Gasteiger partial charge is 0.237 e. The van der Waals surface area contributed by atoms with Crippen LogP contribution in [0.1, 0.15) is 17.0 Å². The maximum atomic E-state index is 14.0. The zero-order valence-electron chi connectivity index (χ0n) is 16.4. The molecule has 30 heavy (non-hydrogen) atoms. The molecule has 1 saturated heterocycles. The van der Waals surface area contributed by atoms with E-state index < -0.39 is 11.6 Å². The number of halogens is 3. The van der Waals surface area contributed by atoms with Gasteiger partial charge in [0.05, 0.1) is 17.8 Å². The van der Waals surface area contributed by atoms with Crippen LogP contribution >= 0.6 is 0 Å². The van der Waals surface area contributed by atoms with E-state index in [0.29, 0.717) is 37.6 Å². The quantitative estimate of drug-likeness (QED) is 0.634. The van der Waals surface area contributed by atoms with E-state index in [2.05, 4.69) is 4.98 Å². The molecule has 1 aliphatic heterocycles. The first-order chi connectivity index (χ1) is 14.4. The number of benzene rings is 2. The van der Waals surface area contributed by atoms with Crippen LogP contribution in [0.2, 0.25) is 0 Å². The lowest BCUT2D eigenvalue weighted by atomic mass is 10.2. The molecule has 1 fully saturated rings. The van der Waals surface area contributed by atoms with Gasteiger partial charge < -0.3 is 9.32 Å². The van der Waals surface area contributed by atoms with Gasteiger partial charge in [0.2, 0.25) is 11.8 Å². The minimum atomic E-state index is -1.00. The van der Waals surface area contributed by atoms with Gasteiger partial charge in [0.25, 0.3) is 0 Å². The lowest BCUT2D eigenvalue weighted by Gasteiger charge is -2.34. The third-order valence-corrected chi connectivity index (χ3v) is 5.13. The van der Waals surface area contributed by atoms with Crippen molar-refractivity contribution in [3.05, 3.63) is 76.9 Å². The van der Waals surface area contributed by atoms with Gasteiger partial charge >= 0.3 is 0 Å². The molecule has 8 heteroatoms. The molecule has 156 valence electrons. The van der Waals surface area contributed by atoms with Gasteiger partial charge in [-0.15, -0.1) is 0 Å². The van der Waals surface area contributed by atoms with Crippen LogP contribution in [-0.4, -0.2) is 40.3 Å². The second-order valence-electron chi connectivity index (χ2n) is 7.28. The summed E-state index contributed by atoms with van der Waals surface area (Å²) in [6.45, 7) is 3.86. The minimum Gasteiger partial charge on any atom is -0.441 e. The van der Waals surface area contributed by atoms with Gasteiger partial charge in [0, 0.05) is 26.2 Å². The molecule has 0 N–H and O–H groups in total. The molecule has 0 spiro atoms. The number of carbonyl (C=O) groups excluding carboxylic acids is 1. The predicted octanol–water partition coefficient (Wildman–Crippen LogP) is 3.91. The molecular formula is C22H20F3N3O2. The van der Waals surface area contributed by atoms with Crippen LogP contribution in [0.15, 0.2) is 46.9 Å². The molecule has 0 atom stereocenters. The van der Waals surface area contributed by atoms with E-state index in [4.69, 9.17) is 4.42 Å². The molecule has 1 aromatic heterocycles. The van der Waals surface area contributed by atoms with E-state index in [0.717, 1.165) is 11.6 Å². The molecule has 4 rings (SSSR count). The van der Waals surface area contributed by atoms with E-state index in [1.807, 2.05) is 4.90 Å². The molecule has 0 saturated carbocycles. The summed E-state index contributed by atoms with van der Waals surface area (Å²) in [4.78, 5) is 20.5. The SMILES string of the molecule is Cc1oc(-c2cccc(F)c2F)nc1CN1CCN(Cc2ccc(F)cc2)C(=O)C1. The number of hydrogen-bond donors (Lipinski definition) is 0. The van der Waals surface area contributed by atoms with E-state index >= 15 is 0 Å². The Morgan fingerprint density at radius 1 is 1.03 bits per heavy atom. The van der Waals surface area contributed by atoms with E-state index in [1.54, 1.807) is 24.0 Å². The number of oxazole rings is 1. The molecule has 0 bridgehead atoms. The Kier molecular flexibility index (Phi) is 5.59. The highest BCUT2D eigenvalue weighted by Crippen LogP contribution is 2.26. The van der Waals surface area contributed by atoms with E-state index in [-0.39, 0.29) is 29.7 Å². The van der Waals surface area contributed by atoms with Crippen LogP contribution in [0, 0.1) is 24.4 Å². The largest absolute Gasteiger partial charge is 0.441 e. The van der Waals surface area contributed by atoms with Crippen molar-refractivity contribution in [1.82, 2.24) is 14.8 Å². The predicted molar refractivity (Wildman–Crippen MR) is 104 cm³/mol. The first kappa shape index (κ1) is 20.2. The van der Waals surface area contributed by atoms with Crippen molar-refractivity contribution in [2.75, 3.05) is 19.6 Å². The third-order valence-electron chi connectivity index (χ3n) is 5.13. The Morgan fingerprint density at radius 2 is 1.80 bits per heavy atom. The van der Waals surface area contributed by atoms with Gasteiger partial charge in [-0.25, -0.2) is 18.2 Å². The summed E-state index contributed by atoms with van der Waals surface area (Å²) in [5.41, 5.74) is 1.41. The molecule has 0 aliphatic carbocycles. The molecule has 5 nitrogen and oxygen atoms in total. The van der Waals surface area contributed by atoms with Crippen molar-refractivity contribution < 1.29 is 22.4 Å². The fourth-order valence-electron chi connectivity index (χ4n) is 3.44. The second kappa shape index (κ2) is 8.31. The van der Waals surface area contributed by atoms with Gasteiger partial charge in [-0.1, -0.05) is 18.2 Å². The highest BCUT2D eigenvalue weighted by Gasteiger charge is 2.26. The van der Waals surface area contributed by atoms with Gasteiger partial charge in [-0.05, 0) is 36.8 Å². The van der Waals surface area contributed by atoms with Crippen LogP contribution in [0.3, 0.4) is 0 Å². The Hall–Kier alpha value is -3.13. The number of aryl methyl sites for hydroxylation is 1. The molecule has 1 amide bonds. The first-order valence-corrected chi connectivity index (χ1v) is 9.56. The highest BCUT2D eigenvalue weighted by molar-refractivity contribution is 5.79. The van der Waals surface area contributed by atoms with Crippen LogP contribution in [0.5, 0.6) is 0 Å². The van der Waals surface area contributed by atoms with Crippen LogP contribution < -0.4 is 0 Å². The summed E-state index contributed by atoms with van der Waals surface area (Å²) in [6, 6.07) is 9.93. The highest BCUT2D eigenvalue weighted by atomic mass is 19.2. The summed E-state index contributed by atoms with van der Waals surface area (Å²) in [5.74, 6) is -1.81. The molecule has 3 aromatic rings. The minimum absolute atomic E-state index is 0.0146. The third kappa shape index (κ3) is 4.23. The molecule has 1 aliphatic rings. The van der Waals surface area contributed by atoms with E-state index in [9.17, 15) is 18.0 Å². The Labute approximate surface area is 171 Å². The number of aromatic nitrogens is 1. The van der Waals surface area contributed by atoms with Crippen molar-refractivity contribution in [2.45, 2.75) is 20.0 Å². The zero-order valence-corrected chi connectivity index (χ0v) is 16.4. The summed E-state index contributed by atoms with van der Waals surface area (Å²) < 4.78 is 46.1. The van der Waals surface area contributed by atoms with Gasteiger partial charge in [0.15, 0.2) is 11.6 Å². The zero-order chi connectivity index (χ0) is 21.3. The number of rotatable bonds is 5. The standard InChI is InChI=1S/C22H20F3N3O2/c1-14-19(26-22(30-14)17-3-2-4-18(24)21(17)25)12-27-9-10-28(20(29)13-27)11-15-5-7-16(23)8-6-15/h2-8H,9-13H2,1H3. The fraction of sp³-hybridized carbons (Fsp3) is 0.273. The van der Waals surface area contributed by atoms with Gasteiger partial charge in [-0.2, -0.15) is 0 Å². The maximum absolute atomic E-state index is 14.0. The molecular weight excluding hydrogens is 395 g/mol. The average Bonchev–Trinajstić information content (AvgIpc) is 3.08. The van der Waals surface area contributed by atoms with Gasteiger partial charge in [0.1, 0.15) is 11.6 Å². The van der Waals surface area contributed by atoms with Crippen LogP contribution in [-0.2, 0) is 17.9 Å². The topological polar surface area (TPSA) is 49.6 Å². The normalized spacial score (nSPS) is 15.1. The van der Waals surface area contributed by atoms with Crippen molar-refractivity contribution >= 4 is 5.91 Å². The Balaban J connectivity index is 1.41. The number of amides is 1. The summed E-state index contributed by atoms with van der Waals surface area (Å²) >= 11 is 0. The number of hydrogen-bond acceptors (Lipinski definition) is 4. The maximum Gasteiger partial charge on any atom is 0.237 e. The van der Waals surface area contributed by atoms with Gasteiger partial charge in [-0.3, -0.25) is 9.69 Å². The van der Waals surface area contributed by atoms with Crippen molar-refractivity contribution in [3.63, 3.8) is 0 Å². The second-order valence-corrected chi connectivity index (χ2v) is 7.28. The van der Waals surface area contributed by atoms with Crippen molar-refractivity contribution in [3.8, 4) is 11.5 Å². The van der Waals surface area contributed by atoms with Crippen molar-refractivity contribution in [1.29, 1.82) is 0 Å². The monoisotopic (exact) mass is 415 g/mol. The Morgan fingerprint density at radius 3 is 2.53 bits per heavy atom. The molecule has 0 unspecified atom stereocenters. The molecule has 2 aromatic carbocycles. The summed E-state index contributed by atoms with van der Waals surface area (Å²) in [6.07, 6.45) is 0. The molecule has 2 heterocycles. The summed E-state index contributed by atoms with van der Waals surface area (Å²) in [7, 11) is 0. The lowest BCUT2D eigenvalue weighted by molar-refractivity contribution is -0.136. The number of piperazine rings is 1. The number of carbonyl (C=O) groups is 1. The summed E-state index contributed by atoms with van der Waals surface area (Å²) in [5, 5.41) is 0. The van der Waals surface area contributed by atoms with Crippen LogP contribution in [0.4, 0.5) is 13.2 Å². The first-order valence-electron chi connectivity index (χ1n) is 9.56. The Bertz CT molecular complexity index is 1070.